The third-order valence-electron chi connectivity index (χ3n) is 2.99. The molecule has 0 radical (unpaired) electrons. The topological polar surface area (TPSA) is 75.8 Å². The number of carbonyl (C=O) groups is 1. The van der Waals surface area contributed by atoms with Crippen LogP contribution in [0.4, 0.5) is 5.69 Å². The van der Waals surface area contributed by atoms with Crippen LogP contribution in [0.2, 0.25) is 0 Å². The average Bonchev–Trinajstić information content (AvgIpc) is 2.31. The van der Waals surface area contributed by atoms with Crippen LogP contribution in [-0.4, -0.2) is 37.8 Å². The monoisotopic (exact) mass is 252 g/mol. The number of aryl methyl sites for hydroxylation is 2. The molecule has 0 saturated heterocycles. The van der Waals surface area contributed by atoms with Gasteiger partial charge in [-0.15, -0.1) is 0 Å². The lowest BCUT2D eigenvalue weighted by Crippen LogP contribution is -2.41. The molecule has 0 aliphatic carbocycles. The maximum absolute atomic E-state index is 10.8. The Morgan fingerprint density at radius 3 is 2.50 bits per heavy atom. The molecular formula is C13H20N2O3. The SMILES string of the molecule is COc1cc(C)c(C)cc1N(C)CC(N)C(=O)O. The summed E-state index contributed by atoms with van der Waals surface area (Å²) in [4.78, 5) is 12.6. The number of hydrogen-bond donors (Lipinski definition) is 2. The summed E-state index contributed by atoms with van der Waals surface area (Å²) in [5.74, 6) is -0.289. The van der Waals surface area contributed by atoms with Gasteiger partial charge in [0.25, 0.3) is 0 Å². The molecule has 0 bridgehead atoms. The van der Waals surface area contributed by atoms with Crippen molar-refractivity contribution >= 4 is 11.7 Å². The maximum Gasteiger partial charge on any atom is 0.322 e. The molecule has 18 heavy (non-hydrogen) atoms. The highest BCUT2D eigenvalue weighted by Crippen LogP contribution is 2.30. The third-order valence-corrected chi connectivity index (χ3v) is 2.99. The molecule has 0 aliphatic rings. The van der Waals surface area contributed by atoms with E-state index in [1.807, 2.05) is 26.0 Å². The molecule has 0 amide bonds. The Morgan fingerprint density at radius 1 is 1.44 bits per heavy atom. The Labute approximate surface area is 107 Å². The Bertz CT molecular complexity index is 446. The first-order valence-electron chi connectivity index (χ1n) is 5.71. The van der Waals surface area contributed by atoms with Crippen LogP contribution < -0.4 is 15.4 Å². The molecule has 5 nitrogen and oxygen atoms in total. The summed E-state index contributed by atoms with van der Waals surface area (Å²) in [5, 5.41) is 8.82. The molecule has 0 aliphatic heterocycles. The first kappa shape index (κ1) is 14.3. The standard InChI is InChI=1S/C13H20N2O3/c1-8-5-11(12(18-4)6-9(8)2)15(3)7-10(14)13(16)17/h5-6,10H,7,14H2,1-4H3,(H,16,17). The fourth-order valence-corrected chi connectivity index (χ4v) is 1.71. The molecular weight excluding hydrogens is 232 g/mol. The van der Waals surface area contributed by atoms with Gasteiger partial charge >= 0.3 is 5.97 Å². The van der Waals surface area contributed by atoms with E-state index in [-0.39, 0.29) is 6.54 Å². The van der Waals surface area contributed by atoms with Gasteiger partial charge in [0, 0.05) is 13.6 Å². The van der Waals surface area contributed by atoms with Crippen LogP contribution in [0.3, 0.4) is 0 Å². The van der Waals surface area contributed by atoms with Gasteiger partial charge in [0.1, 0.15) is 11.8 Å². The first-order chi connectivity index (χ1) is 8.36. The highest BCUT2D eigenvalue weighted by atomic mass is 16.5. The van der Waals surface area contributed by atoms with Crippen molar-refractivity contribution < 1.29 is 14.6 Å². The number of hydrogen-bond acceptors (Lipinski definition) is 4. The largest absolute Gasteiger partial charge is 0.495 e. The summed E-state index contributed by atoms with van der Waals surface area (Å²) < 4.78 is 5.31. The number of aliphatic carboxylic acids is 1. The second kappa shape index (κ2) is 5.73. The van der Waals surface area contributed by atoms with Crippen molar-refractivity contribution in [1.82, 2.24) is 0 Å². The fraction of sp³-hybridized carbons (Fsp3) is 0.462. The van der Waals surface area contributed by atoms with Crippen molar-refractivity contribution in [3.63, 3.8) is 0 Å². The van der Waals surface area contributed by atoms with Crippen LogP contribution in [0.15, 0.2) is 12.1 Å². The Balaban J connectivity index is 3.01. The number of nitrogens with zero attached hydrogens (tertiary/aromatic N) is 1. The number of carboxylic acids is 1. The average molecular weight is 252 g/mol. The number of rotatable bonds is 5. The van der Waals surface area contributed by atoms with Crippen LogP contribution >= 0.6 is 0 Å². The number of benzene rings is 1. The number of nitrogens with two attached hydrogens (primary N) is 1. The molecule has 0 aromatic heterocycles. The number of anilines is 1. The molecule has 3 N–H and O–H groups in total. The highest BCUT2D eigenvalue weighted by molar-refractivity contribution is 5.74. The summed E-state index contributed by atoms with van der Waals surface area (Å²) in [6.45, 7) is 4.24. The van der Waals surface area contributed by atoms with Gasteiger partial charge in [0.05, 0.1) is 12.8 Å². The fourth-order valence-electron chi connectivity index (χ4n) is 1.71. The number of methoxy groups -OCH3 is 1. The van der Waals surface area contributed by atoms with Gasteiger partial charge < -0.3 is 20.5 Å². The lowest BCUT2D eigenvalue weighted by Gasteiger charge is -2.24. The second-order valence-corrected chi connectivity index (χ2v) is 4.43. The minimum absolute atomic E-state index is 0.230. The van der Waals surface area contributed by atoms with Crippen LogP contribution in [-0.2, 0) is 4.79 Å². The van der Waals surface area contributed by atoms with E-state index in [9.17, 15) is 4.79 Å². The van der Waals surface area contributed by atoms with Crippen molar-refractivity contribution in [2.75, 3.05) is 25.6 Å². The zero-order valence-corrected chi connectivity index (χ0v) is 11.2. The van der Waals surface area contributed by atoms with Gasteiger partial charge in [0.15, 0.2) is 0 Å². The Hall–Kier alpha value is -1.75. The molecule has 0 fully saturated rings. The number of ether oxygens (including phenoxy) is 1. The lowest BCUT2D eigenvalue weighted by atomic mass is 10.1. The van der Waals surface area contributed by atoms with Crippen molar-refractivity contribution in [1.29, 1.82) is 0 Å². The van der Waals surface area contributed by atoms with E-state index in [0.717, 1.165) is 22.6 Å². The van der Waals surface area contributed by atoms with Crippen LogP contribution in [0.5, 0.6) is 5.75 Å². The zero-order chi connectivity index (χ0) is 13.9. The van der Waals surface area contributed by atoms with E-state index in [1.54, 1.807) is 19.1 Å². The number of likely N-dealkylation sites (N-methyl/N-ethyl adjacent to an activating group) is 1. The van der Waals surface area contributed by atoms with E-state index in [1.165, 1.54) is 0 Å². The molecule has 1 unspecified atom stereocenters. The maximum atomic E-state index is 10.8. The van der Waals surface area contributed by atoms with Gasteiger partial charge in [-0.2, -0.15) is 0 Å². The lowest BCUT2D eigenvalue weighted by molar-refractivity contribution is -0.138. The predicted molar refractivity (Wildman–Crippen MR) is 71.3 cm³/mol. The van der Waals surface area contributed by atoms with Crippen LogP contribution in [0, 0.1) is 13.8 Å². The molecule has 100 valence electrons. The quantitative estimate of drug-likeness (QED) is 0.822. The summed E-state index contributed by atoms with van der Waals surface area (Å²) in [6.07, 6.45) is 0. The summed E-state index contributed by atoms with van der Waals surface area (Å²) >= 11 is 0. The Morgan fingerprint density at radius 2 is 2.00 bits per heavy atom. The van der Waals surface area contributed by atoms with Gasteiger partial charge in [-0.3, -0.25) is 4.79 Å². The predicted octanol–water partition coefficient (Wildman–Crippen LogP) is 1.16. The smallest absolute Gasteiger partial charge is 0.322 e. The molecule has 0 heterocycles. The first-order valence-corrected chi connectivity index (χ1v) is 5.71. The molecule has 0 saturated carbocycles. The van der Waals surface area contributed by atoms with Crippen molar-refractivity contribution in [3.05, 3.63) is 23.3 Å². The van der Waals surface area contributed by atoms with Crippen molar-refractivity contribution in [2.45, 2.75) is 19.9 Å². The van der Waals surface area contributed by atoms with E-state index >= 15 is 0 Å². The van der Waals surface area contributed by atoms with Gasteiger partial charge in [-0.1, -0.05) is 0 Å². The minimum atomic E-state index is -1.01. The number of carboxylic acid groups (broad SMARTS) is 1. The summed E-state index contributed by atoms with van der Waals surface area (Å²) in [7, 11) is 3.40. The van der Waals surface area contributed by atoms with Crippen molar-refractivity contribution in [3.8, 4) is 5.75 Å². The molecule has 5 heteroatoms. The van der Waals surface area contributed by atoms with E-state index in [2.05, 4.69) is 0 Å². The van der Waals surface area contributed by atoms with E-state index in [0.29, 0.717) is 0 Å². The third kappa shape index (κ3) is 3.13. The molecule has 0 spiro atoms. The van der Waals surface area contributed by atoms with E-state index in [4.69, 9.17) is 15.6 Å². The molecule has 1 atom stereocenters. The second-order valence-electron chi connectivity index (χ2n) is 4.43. The molecule has 1 rings (SSSR count). The summed E-state index contributed by atoms with van der Waals surface area (Å²) in [5.41, 5.74) is 8.63. The zero-order valence-electron chi connectivity index (χ0n) is 11.2. The van der Waals surface area contributed by atoms with E-state index < -0.39 is 12.0 Å². The van der Waals surface area contributed by atoms with Gasteiger partial charge in [0.2, 0.25) is 0 Å². The summed E-state index contributed by atoms with van der Waals surface area (Å²) in [6, 6.07) is 3.00. The van der Waals surface area contributed by atoms with Gasteiger partial charge in [-0.05, 0) is 37.1 Å². The van der Waals surface area contributed by atoms with Crippen LogP contribution in [0.1, 0.15) is 11.1 Å². The molecule has 1 aromatic carbocycles. The highest BCUT2D eigenvalue weighted by Gasteiger charge is 2.17. The Kier molecular flexibility index (Phi) is 4.55. The minimum Gasteiger partial charge on any atom is -0.495 e. The normalized spacial score (nSPS) is 12.1. The van der Waals surface area contributed by atoms with Crippen LogP contribution in [0.25, 0.3) is 0 Å². The molecule has 1 aromatic rings. The van der Waals surface area contributed by atoms with Crippen molar-refractivity contribution in [2.24, 2.45) is 5.73 Å². The van der Waals surface area contributed by atoms with Gasteiger partial charge in [-0.25, -0.2) is 0 Å².